The van der Waals surface area contributed by atoms with Crippen LogP contribution < -0.4 is 5.32 Å². The van der Waals surface area contributed by atoms with Crippen LogP contribution in [0.5, 0.6) is 0 Å². The molecule has 1 heterocycles. The SMILES string of the molecule is Cc1ccc(Br)cc1-c1ccc(NCCO)nn1. The molecule has 1 aromatic heterocycles. The molecule has 0 spiro atoms. The summed E-state index contributed by atoms with van der Waals surface area (Å²) in [6, 6.07) is 9.85. The minimum Gasteiger partial charge on any atom is -0.395 e. The van der Waals surface area contributed by atoms with Crippen LogP contribution >= 0.6 is 15.9 Å². The van der Waals surface area contributed by atoms with Crippen LogP contribution in [0.4, 0.5) is 5.82 Å². The largest absolute Gasteiger partial charge is 0.395 e. The molecule has 2 N–H and O–H groups in total. The number of hydrogen-bond acceptors (Lipinski definition) is 4. The van der Waals surface area contributed by atoms with Gasteiger partial charge in [-0.3, -0.25) is 0 Å². The number of halogens is 1. The van der Waals surface area contributed by atoms with Crippen molar-refractivity contribution in [3.63, 3.8) is 0 Å². The van der Waals surface area contributed by atoms with Crippen LogP contribution in [-0.2, 0) is 0 Å². The Hall–Kier alpha value is -1.46. The molecule has 0 saturated heterocycles. The zero-order chi connectivity index (χ0) is 13.0. The summed E-state index contributed by atoms with van der Waals surface area (Å²) < 4.78 is 1.02. The third-order valence-corrected chi connectivity index (χ3v) is 3.05. The van der Waals surface area contributed by atoms with E-state index in [1.54, 1.807) is 0 Å². The number of nitrogens with zero attached hydrogens (tertiary/aromatic N) is 2. The van der Waals surface area contributed by atoms with Gasteiger partial charge in [-0.1, -0.05) is 22.0 Å². The highest BCUT2D eigenvalue weighted by Crippen LogP contribution is 2.25. The number of aliphatic hydroxyl groups excluding tert-OH is 1. The Morgan fingerprint density at radius 2 is 2.06 bits per heavy atom. The third kappa shape index (κ3) is 3.05. The summed E-state index contributed by atoms with van der Waals surface area (Å²) in [4.78, 5) is 0. The lowest BCUT2D eigenvalue weighted by atomic mass is 10.1. The van der Waals surface area contributed by atoms with Gasteiger partial charge in [0.2, 0.25) is 0 Å². The zero-order valence-electron chi connectivity index (χ0n) is 10.0. The van der Waals surface area contributed by atoms with E-state index in [-0.39, 0.29) is 6.61 Å². The molecule has 18 heavy (non-hydrogen) atoms. The Morgan fingerprint density at radius 3 is 2.72 bits per heavy atom. The molecule has 0 radical (unpaired) electrons. The molecule has 1 aromatic carbocycles. The average molecular weight is 308 g/mol. The van der Waals surface area contributed by atoms with Crippen molar-refractivity contribution in [2.75, 3.05) is 18.5 Å². The Kier molecular flexibility index (Phi) is 4.28. The summed E-state index contributed by atoms with van der Waals surface area (Å²) in [6.45, 7) is 2.60. The maximum atomic E-state index is 8.71. The van der Waals surface area contributed by atoms with E-state index in [1.807, 2.05) is 37.3 Å². The van der Waals surface area contributed by atoms with Crippen LogP contribution in [0, 0.1) is 6.92 Å². The van der Waals surface area contributed by atoms with Gasteiger partial charge in [0.1, 0.15) is 5.82 Å². The molecule has 0 aliphatic rings. The molecular formula is C13H14BrN3O. The van der Waals surface area contributed by atoms with Crippen molar-refractivity contribution in [1.82, 2.24) is 10.2 Å². The Bertz CT molecular complexity index is 528. The van der Waals surface area contributed by atoms with E-state index in [1.165, 1.54) is 0 Å². The van der Waals surface area contributed by atoms with Gasteiger partial charge in [-0.2, -0.15) is 0 Å². The van der Waals surface area contributed by atoms with Gasteiger partial charge in [-0.25, -0.2) is 0 Å². The second kappa shape index (κ2) is 5.93. The molecule has 2 aromatic rings. The predicted octanol–water partition coefficient (Wildman–Crippen LogP) is 2.62. The molecule has 0 atom stereocenters. The molecule has 0 aliphatic heterocycles. The van der Waals surface area contributed by atoms with Crippen LogP contribution in [0.1, 0.15) is 5.56 Å². The molecule has 4 nitrogen and oxygen atoms in total. The number of aliphatic hydroxyl groups is 1. The van der Waals surface area contributed by atoms with E-state index in [9.17, 15) is 0 Å². The molecule has 2 rings (SSSR count). The molecule has 0 unspecified atom stereocenters. The summed E-state index contributed by atoms with van der Waals surface area (Å²) in [5.74, 6) is 0.667. The molecular weight excluding hydrogens is 294 g/mol. The first-order valence-corrected chi connectivity index (χ1v) is 6.45. The van der Waals surface area contributed by atoms with Crippen molar-refractivity contribution in [2.24, 2.45) is 0 Å². The molecule has 0 fully saturated rings. The fraction of sp³-hybridized carbons (Fsp3) is 0.231. The second-order valence-corrected chi connectivity index (χ2v) is 4.83. The van der Waals surface area contributed by atoms with Gasteiger partial charge in [0.25, 0.3) is 0 Å². The standard InChI is InChI=1S/C13H14BrN3O/c1-9-2-3-10(14)8-11(9)12-4-5-13(17-16-12)15-6-7-18/h2-5,8,18H,6-7H2,1H3,(H,15,17). The van der Waals surface area contributed by atoms with Crippen molar-refractivity contribution >= 4 is 21.7 Å². The molecule has 5 heteroatoms. The fourth-order valence-corrected chi connectivity index (χ4v) is 1.99. The van der Waals surface area contributed by atoms with Gasteiger partial charge in [0, 0.05) is 16.6 Å². The van der Waals surface area contributed by atoms with Gasteiger partial charge >= 0.3 is 0 Å². The third-order valence-electron chi connectivity index (χ3n) is 2.56. The van der Waals surface area contributed by atoms with Crippen molar-refractivity contribution in [3.8, 4) is 11.3 Å². The van der Waals surface area contributed by atoms with Crippen molar-refractivity contribution in [2.45, 2.75) is 6.92 Å². The van der Waals surface area contributed by atoms with E-state index in [0.717, 1.165) is 21.3 Å². The molecule has 0 saturated carbocycles. The van der Waals surface area contributed by atoms with Gasteiger partial charge in [0.05, 0.1) is 12.3 Å². The second-order valence-electron chi connectivity index (χ2n) is 3.91. The van der Waals surface area contributed by atoms with Crippen LogP contribution in [0.3, 0.4) is 0 Å². The van der Waals surface area contributed by atoms with Gasteiger partial charge in [-0.05, 0) is 36.8 Å². The first kappa shape index (κ1) is 13.0. The van der Waals surface area contributed by atoms with E-state index in [2.05, 4.69) is 31.4 Å². The quantitative estimate of drug-likeness (QED) is 0.911. The minimum absolute atomic E-state index is 0.0776. The number of rotatable bonds is 4. The number of hydrogen-bond donors (Lipinski definition) is 2. The molecule has 0 amide bonds. The number of aryl methyl sites for hydroxylation is 1. The number of anilines is 1. The smallest absolute Gasteiger partial charge is 0.148 e. The van der Waals surface area contributed by atoms with Gasteiger partial charge in [-0.15, -0.1) is 10.2 Å². The minimum atomic E-state index is 0.0776. The van der Waals surface area contributed by atoms with Gasteiger partial charge in [0.15, 0.2) is 0 Å². The summed E-state index contributed by atoms with van der Waals surface area (Å²) in [5, 5.41) is 19.9. The monoisotopic (exact) mass is 307 g/mol. The van der Waals surface area contributed by atoms with Crippen LogP contribution in [0.25, 0.3) is 11.3 Å². The highest BCUT2D eigenvalue weighted by molar-refractivity contribution is 9.10. The number of nitrogens with one attached hydrogen (secondary N) is 1. The lowest BCUT2D eigenvalue weighted by Gasteiger charge is -2.07. The summed E-state index contributed by atoms with van der Waals surface area (Å²) in [5.41, 5.74) is 3.05. The fourth-order valence-electron chi connectivity index (χ4n) is 1.62. The maximum Gasteiger partial charge on any atom is 0.148 e. The highest BCUT2D eigenvalue weighted by Gasteiger charge is 2.05. The summed E-state index contributed by atoms with van der Waals surface area (Å²) >= 11 is 3.45. The number of benzene rings is 1. The van der Waals surface area contributed by atoms with Crippen molar-refractivity contribution < 1.29 is 5.11 Å². The first-order valence-electron chi connectivity index (χ1n) is 5.65. The topological polar surface area (TPSA) is 58.0 Å². The highest BCUT2D eigenvalue weighted by atomic mass is 79.9. The van der Waals surface area contributed by atoms with E-state index < -0.39 is 0 Å². The lowest BCUT2D eigenvalue weighted by Crippen LogP contribution is -2.07. The lowest BCUT2D eigenvalue weighted by molar-refractivity contribution is 0.311. The predicted molar refractivity (Wildman–Crippen MR) is 75.5 cm³/mol. The van der Waals surface area contributed by atoms with Crippen molar-refractivity contribution in [3.05, 3.63) is 40.4 Å². The maximum absolute atomic E-state index is 8.71. The molecule has 0 bridgehead atoms. The Labute approximate surface area is 114 Å². The Morgan fingerprint density at radius 1 is 1.22 bits per heavy atom. The molecule has 0 aliphatic carbocycles. The van der Waals surface area contributed by atoms with E-state index >= 15 is 0 Å². The van der Waals surface area contributed by atoms with Gasteiger partial charge < -0.3 is 10.4 Å². The summed E-state index contributed by atoms with van der Waals surface area (Å²) in [6.07, 6.45) is 0. The van der Waals surface area contributed by atoms with E-state index in [0.29, 0.717) is 12.4 Å². The Balaban J connectivity index is 2.25. The average Bonchev–Trinajstić information content (AvgIpc) is 2.40. The normalized spacial score (nSPS) is 10.4. The number of aromatic nitrogens is 2. The molecule has 94 valence electrons. The zero-order valence-corrected chi connectivity index (χ0v) is 11.6. The van der Waals surface area contributed by atoms with Crippen LogP contribution in [-0.4, -0.2) is 28.5 Å². The summed E-state index contributed by atoms with van der Waals surface area (Å²) in [7, 11) is 0. The van der Waals surface area contributed by atoms with E-state index in [4.69, 9.17) is 5.11 Å². The first-order chi connectivity index (χ1) is 8.70. The van der Waals surface area contributed by atoms with Crippen LogP contribution in [0.2, 0.25) is 0 Å². The van der Waals surface area contributed by atoms with Crippen molar-refractivity contribution in [1.29, 1.82) is 0 Å². The van der Waals surface area contributed by atoms with Crippen LogP contribution in [0.15, 0.2) is 34.8 Å².